The second-order valence-electron chi connectivity index (χ2n) is 2.89. The molecule has 0 radical (unpaired) electrons. The zero-order chi connectivity index (χ0) is 10.0. The van der Waals surface area contributed by atoms with Gasteiger partial charge in [0.25, 0.3) is 0 Å². The number of hydrogen-bond acceptors (Lipinski definition) is 5. The second-order valence-corrected chi connectivity index (χ2v) is 2.89. The first kappa shape index (κ1) is 10.8. The fraction of sp³-hybridized carbons (Fsp3) is 1.00. The monoisotopic (exact) mass is 196 g/mol. The molecule has 0 bridgehead atoms. The van der Waals surface area contributed by atoms with Gasteiger partial charge in [-0.2, -0.15) is 0 Å². The Kier molecular flexibility index (Phi) is 3.57. The number of aliphatic hydroxyl groups excluding tert-OH is 3. The van der Waals surface area contributed by atoms with E-state index in [0.29, 0.717) is 0 Å². The van der Waals surface area contributed by atoms with Gasteiger partial charge >= 0.3 is 0 Å². The molecular weight excluding hydrogens is 183 g/mol. The molecule has 1 heterocycles. The lowest BCUT2D eigenvalue weighted by molar-refractivity contribution is -0.283. The van der Waals surface area contributed by atoms with E-state index in [-0.39, 0.29) is 0 Å². The van der Waals surface area contributed by atoms with Crippen molar-refractivity contribution in [2.75, 3.05) is 13.7 Å². The predicted octanol–water partition coefficient (Wildman–Crippen LogP) is -1.59. The summed E-state index contributed by atoms with van der Waals surface area (Å²) in [6, 6.07) is 0. The zero-order valence-corrected chi connectivity index (χ0v) is 7.13. The third-order valence-corrected chi connectivity index (χ3v) is 2.03. The molecule has 0 spiro atoms. The zero-order valence-electron chi connectivity index (χ0n) is 7.13. The average Bonchev–Trinajstić information content (AvgIpc) is 2.15. The van der Waals surface area contributed by atoms with Crippen LogP contribution in [0.4, 0.5) is 4.39 Å². The number of rotatable bonds is 2. The van der Waals surface area contributed by atoms with Crippen LogP contribution in [-0.4, -0.2) is 59.8 Å². The van der Waals surface area contributed by atoms with Crippen molar-refractivity contribution < 1.29 is 29.2 Å². The van der Waals surface area contributed by atoms with Crippen LogP contribution in [0.2, 0.25) is 0 Å². The van der Waals surface area contributed by atoms with Crippen molar-refractivity contribution in [2.24, 2.45) is 0 Å². The van der Waals surface area contributed by atoms with E-state index in [1.807, 2.05) is 0 Å². The topological polar surface area (TPSA) is 79.2 Å². The molecule has 2 unspecified atom stereocenters. The maximum atomic E-state index is 13.1. The van der Waals surface area contributed by atoms with Crippen LogP contribution < -0.4 is 0 Å². The van der Waals surface area contributed by atoms with Gasteiger partial charge in [0.2, 0.25) is 0 Å². The van der Waals surface area contributed by atoms with Gasteiger partial charge in [0, 0.05) is 7.11 Å². The number of alkyl halides is 1. The molecule has 1 aliphatic rings. The summed E-state index contributed by atoms with van der Waals surface area (Å²) in [5.41, 5.74) is 0. The van der Waals surface area contributed by atoms with Crippen LogP contribution in [-0.2, 0) is 9.47 Å². The van der Waals surface area contributed by atoms with Crippen molar-refractivity contribution in [1.82, 2.24) is 0 Å². The van der Waals surface area contributed by atoms with Crippen LogP contribution in [0.3, 0.4) is 0 Å². The molecule has 0 saturated carbocycles. The molecule has 5 nitrogen and oxygen atoms in total. The lowest BCUT2D eigenvalue weighted by atomic mass is 10.0. The Labute approximate surface area is 74.7 Å². The van der Waals surface area contributed by atoms with Gasteiger partial charge in [-0.1, -0.05) is 0 Å². The first-order chi connectivity index (χ1) is 6.11. The average molecular weight is 196 g/mol. The summed E-state index contributed by atoms with van der Waals surface area (Å²) in [7, 11) is 1.24. The molecule has 6 heteroatoms. The minimum atomic E-state index is -1.86. The van der Waals surface area contributed by atoms with Gasteiger partial charge in [0.05, 0.1) is 6.61 Å². The fourth-order valence-corrected chi connectivity index (χ4v) is 1.24. The van der Waals surface area contributed by atoms with E-state index < -0.39 is 37.4 Å². The Morgan fingerprint density at radius 2 is 2.00 bits per heavy atom. The first-order valence-electron chi connectivity index (χ1n) is 3.91. The van der Waals surface area contributed by atoms with E-state index in [9.17, 15) is 4.39 Å². The van der Waals surface area contributed by atoms with Crippen LogP contribution >= 0.6 is 0 Å². The first-order valence-corrected chi connectivity index (χ1v) is 3.91. The molecule has 13 heavy (non-hydrogen) atoms. The van der Waals surface area contributed by atoms with E-state index in [4.69, 9.17) is 20.1 Å². The summed E-state index contributed by atoms with van der Waals surface area (Å²) in [6.45, 7) is -0.520. The standard InChI is InChI=1S/C7H13FO5/c1-12-7-6(11)4(8)5(10)3(2-9)13-7/h3-7,9-11H,2H2,1H3/t3?,4-,5+,6?,7+/m0/s1. The van der Waals surface area contributed by atoms with E-state index in [1.165, 1.54) is 7.11 Å². The van der Waals surface area contributed by atoms with Gasteiger partial charge in [-0.15, -0.1) is 0 Å². The molecule has 1 fully saturated rings. The summed E-state index contributed by atoms with van der Waals surface area (Å²) >= 11 is 0. The molecular formula is C7H13FO5. The Hall–Kier alpha value is -0.270. The normalized spacial score (nSPS) is 46.4. The fourth-order valence-electron chi connectivity index (χ4n) is 1.24. The van der Waals surface area contributed by atoms with Crippen LogP contribution in [0.25, 0.3) is 0 Å². The lowest BCUT2D eigenvalue weighted by Crippen LogP contribution is -2.57. The largest absolute Gasteiger partial charge is 0.394 e. The Bertz CT molecular complexity index is 147. The SMILES string of the molecule is CO[C@@H]1OC(CO)[C@@H](O)[C@H](F)C1O. The molecule has 3 N–H and O–H groups in total. The van der Waals surface area contributed by atoms with Gasteiger partial charge in [-0.05, 0) is 0 Å². The molecule has 0 aliphatic carbocycles. The van der Waals surface area contributed by atoms with Gasteiger partial charge in [0.15, 0.2) is 12.5 Å². The van der Waals surface area contributed by atoms with Crippen molar-refractivity contribution in [3.63, 3.8) is 0 Å². The summed E-state index contributed by atoms with van der Waals surface area (Å²) in [4.78, 5) is 0. The molecule has 1 rings (SSSR count). The third-order valence-electron chi connectivity index (χ3n) is 2.03. The molecule has 5 atom stereocenters. The summed E-state index contributed by atoms with van der Waals surface area (Å²) < 4.78 is 22.6. The number of aliphatic hydroxyl groups is 3. The molecule has 0 aromatic rings. The van der Waals surface area contributed by atoms with Crippen LogP contribution in [0.1, 0.15) is 0 Å². The summed E-state index contributed by atoms with van der Waals surface area (Å²) in [5, 5.41) is 27.0. The number of methoxy groups -OCH3 is 1. The van der Waals surface area contributed by atoms with Crippen molar-refractivity contribution in [3.05, 3.63) is 0 Å². The molecule has 1 saturated heterocycles. The molecule has 0 aromatic carbocycles. The minimum Gasteiger partial charge on any atom is -0.394 e. The van der Waals surface area contributed by atoms with Crippen molar-refractivity contribution in [2.45, 2.75) is 30.8 Å². The number of hydrogen-bond donors (Lipinski definition) is 3. The highest BCUT2D eigenvalue weighted by molar-refractivity contribution is 4.88. The van der Waals surface area contributed by atoms with Crippen LogP contribution in [0.5, 0.6) is 0 Å². The highest BCUT2D eigenvalue weighted by Gasteiger charge is 2.44. The van der Waals surface area contributed by atoms with Gasteiger partial charge in [-0.25, -0.2) is 4.39 Å². The van der Waals surface area contributed by atoms with E-state index in [2.05, 4.69) is 4.74 Å². The molecule has 1 aliphatic heterocycles. The van der Waals surface area contributed by atoms with Crippen LogP contribution in [0, 0.1) is 0 Å². The van der Waals surface area contributed by atoms with Gasteiger partial charge < -0.3 is 24.8 Å². The van der Waals surface area contributed by atoms with E-state index >= 15 is 0 Å². The van der Waals surface area contributed by atoms with Gasteiger partial charge in [0.1, 0.15) is 18.3 Å². The third kappa shape index (κ3) is 1.97. The lowest BCUT2D eigenvalue weighted by Gasteiger charge is -2.37. The highest BCUT2D eigenvalue weighted by Crippen LogP contribution is 2.23. The predicted molar refractivity (Wildman–Crippen MR) is 39.7 cm³/mol. The number of halogens is 1. The Balaban J connectivity index is 2.66. The summed E-state index contributed by atoms with van der Waals surface area (Å²) in [6.07, 6.45) is -7.11. The Morgan fingerprint density at radius 3 is 2.46 bits per heavy atom. The maximum Gasteiger partial charge on any atom is 0.186 e. The van der Waals surface area contributed by atoms with Crippen LogP contribution in [0.15, 0.2) is 0 Å². The smallest absolute Gasteiger partial charge is 0.186 e. The van der Waals surface area contributed by atoms with Crippen molar-refractivity contribution >= 4 is 0 Å². The molecule has 78 valence electrons. The van der Waals surface area contributed by atoms with Crippen molar-refractivity contribution in [1.29, 1.82) is 0 Å². The van der Waals surface area contributed by atoms with E-state index in [0.717, 1.165) is 0 Å². The number of ether oxygens (including phenoxy) is 2. The van der Waals surface area contributed by atoms with Crippen molar-refractivity contribution in [3.8, 4) is 0 Å². The molecule has 0 amide bonds. The maximum absolute atomic E-state index is 13.1. The Morgan fingerprint density at radius 1 is 1.38 bits per heavy atom. The second kappa shape index (κ2) is 4.30. The van der Waals surface area contributed by atoms with E-state index in [1.54, 1.807) is 0 Å². The minimum absolute atomic E-state index is 0.520. The summed E-state index contributed by atoms with van der Waals surface area (Å²) in [5.74, 6) is 0. The highest BCUT2D eigenvalue weighted by atomic mass is 19.1. The molecule has 0 aromatic heterocycles. The quantitative estimate of drug-likeness (QED) is 0.496. The van der Waals surface area contributed by atoms with Gasteiger partial charge in [-0.3, -0.25) is 0 Å².